The number of ether oxygens (including phenoxy) is 2. The van der Waals surface area contributed by atoms with E-state index in [0.717, 1.165) is 20.0 Å². The fraction of sp³-hybridized carbons (Fsp3) is 0.371. The predicted molar refractivity (Wildman–Crippen MR) is 193 cm³/mol. The van der Waals surface area contributed by atoms with Crippen molar-refractivity contribution in [1.29, 1.82) is 0 Å². The molecule has 0 aliphatic heterocycles. The standard InChI is InChI=1S/C35H38N10O8/c1-8-17(22-15-36-28-26(39-22)30(46)44(5)34(50)42(28)3)25-19(18-12-10-11-13-20(18)38-25)14-21(41-33(49)52-7)32(48)53-24(9-2)23-16-37-29-27(40-23)31(47)45(6)35(51)43(29)4/h10-13,15-17,21,24,38H,8-9,14H2,1-7H3,(H,41,49)/t17?,21?,24-/m1/s1. The highest BCUT2D eigenvalue weighted by molar-refractivity contribution is 5.87. The Labute approximate surface area is 300 Å². The van der Waals surface area contributed by atoms with E-state index in [0.29, 0.717) is 23.4 Å². The van der Waals surface area contributed by atoms with Crippen LogP contribution in [0.3, 0.4) is 0 Å². The van der Waals surface area contributed by atoms with Gasteiger partial charge in [-0.1, -0.05) is 32.0 Å². The van der Waals surface area contributed by atoms with Crippen LogP contribution >= 0.6 is 0 Å². The number of H-pyrrole nitrogens is 1. The number of benzene rings is 1. The number of aromatic amines is 1. The molecule has 0 aliphatic rings. The van der Waals surface area contributed by atoms with E-state index in [9.17, 15) is 28.8 Å². The summed E-state index contributed by atoms with van der Waals surface area (Å²) in [7, 11) is 6.86. The Balaban J connectivity index is 1.40. The van der Waals surface area contributed by atoms with E-state index in [1.165, 1.54) is 56.8 Å². The minimum absolute atomic E-state index is 0.0273. The summed E-state index contributed by atoms with van der Waals surface area (Å²) in [5, 5.41) is 3.37. The van der Waals surface area contributed by atoms with Crippen molar-refractivity contribution in [2.45, 2.75) is 51.2 Å². The van der Waals surface area contributed by atoms with Crippen LogP contribution in [0.5, 0.6) is 0 Å². The molecule has 2 N–H and O–H groups in total. The van der Waals surface area contributed by atoms with Gasteiger partial charge in [0.2, 0.25) is 0 Å². The fourth-order valence-electron chi connectivity index (χ4n) is 6.49. The van der Waals surface area contributed by atoms with Gasteiger partial charge in [0, 0.05) is 57.1 Å². The van der Waals surface area contributed by atoms with E-state index in [1.807, 2.05) is 31.2 Å². The van der Waals surface area contributed by atoms with E-state index >= 15 is 0 Å². The second kappa shape index (κ2) is 14.3. The first-order valence-corrected chi connectivity index (χ1v) is 16.8. The van der Waals surface area contributed by atoms with Crippen molar-refractivity contribution in [3.05, 3.63) is 101 Å². The molecule has 0 saturated heterocycles. The number of fused-ring (bicyclic) bond motifs is 3. The average molecular weight is 727 g/mol. The van der Waals surface area contributed by atoms with Crippen LogP contribution in [-0.4, -0.2) is 68.4 Å². The van der Waals surface area contributed by atoms with Crippen molar-refractivity contribution in [2.24, 2.45) is 28.2 Å². The van der Waals surface area contributed by atoms with Crippen LogP contribution < -0.4 is 27.8 Å². The van der Waals surface area contributed by atoms with Crippen LogP contribution in [0.2, 0.25) is 0 Å². The maximum absolute atomic E-state index is 14.0. The van der Waals surface area contributed by atoms with Gasteiger partial charge in [0.1, 0.15) is 17.8 Å². The molecule has 5 aromatic heterocycles. The molecule has 276 valence electrons. The van der Waals surface area contributed by atoms with Crippen LogP contribution in [0.4, 0.5) is 4.79 Å². The zero-order valence-corrected chi connectivity index (χ0v) is 30.2. The number of alkyl carbamates (subject to hydrolysis) is 1. The predicted octanol–water partition coefficient (Wildman–Crippen LogP) is 1.35. The van der Waals surface area contributed by atoms with Crippen molar-refractivity contribution in [2.75, 3.05) is 7.11 Å². The minimum atomic E-state index is -1.27. The molecule has 0 spiro atoms. The van der Waals surface area contributed by atoms with Crippen molar-refractivity contribution < 1.29 is 19.1 Å². The molecule has 53 heavy (non-hydrogen) atoms. The molecule has 1 amide bonds. The number of carbonyl (C=O) groups excluding carboxylic acids is 2. The maximum Gasteiger partial charge on any atom is 0.407 e. The summed E-state index contributed by atoms with van der Waals surface area (Å²) in [6.07, 6.45) is 1.70. The van der Waals surface area contributed by atoms with E-state index in [2.05, 4.69) is 30.2 Å². The SMILES string of the molecule is CCC(c1cnc2c(n1)c(=O)n(C)c(=O)n2C)c1[nH]c2ccccc2c1CC(NC(=O)OC)C(=O)O[C@H](CC)c1cnc2c(n1)c(=O)n(C)c(=O)n2C. The number of hydrogen-bond donors (Lipinski definition) is 2. The summed E-state index contributed by atoms with van der Waals surface area (Å²) in [5.74, 6) is -1.27. The Morgan fingerprint density at radius 2 is 1.38 bits per heavy atom. The Hall–Kier alpha value is -6.46. The molecule has 18 heteroatoms. The number of carbonyl (C=O) groups is 2. The maximum atomic E-state index is 14.0. The van der Waals surface area contributed by atoms with Gasteiger partial charge in [0.15, 0.2) is 22.3 Å². The zero-order valence-electron chi connectivity index (χ0n) is 30.2. The lowest BCUT2D eigenvalue weighted by atomic mass is 9.91. The largest absolute Gasteiger partial charge is 0.454 e. The number of hydrogen-bond acceptors (Lipinski definition) is 12. The third-order valence-electron chi connectivity index (χ3n) is 9.43. The van der Waals surface area contributed by atoms with Crippen molar-refractivity contribution in [1.82, 2.24) is 48.5 Å². The summed E-state index contributed by atoms with van der Waals surface area (Å²) in [6.45, 7) is 3.69. The number of nitrogens with one attached hydrogen (secondary N) is 2. The molecule has 0 saturated carbocycles. The van der Waals surface area contributed by atoms with Crippen LogP contribution in [0.1, 0.15) is 61.4 Å². The molecule has 1 aromatic carbocycles. The Kier molecular flexibility index (Phi) is 9.79. The number of amides is 1. The number of esters is 1. The van der Waals surface area contributed by atoms with E-state index < -0.39 is 52.6 Å². The topological polar surface area (TPSA) is 220 Å². The lowest BCUT2D eigenvalue weighted by Crippen LogP contribution is -2.44. The van der Waals surface area contributed by atoms with Gasteiger partial charge in [-0.05, 0) is 24.5 Å². The lowest BCUT2D eigenvalue weighted by molar-refractivity contribution is -0.152. The normalized spacial score (nSPS) is 13.3. The number of para-hydroxylation sites is 1. The van der Waals surface area contributed by atoms with Gasteiger partial charge in [0.05, 0.1) is 25.2 Å². The molecule has 0 aliphatic carbocycles. The highest BCUT2D eigenvalue weighted by Gasteiger charge is 2.31. The van der Waals surface area contributed by atoms with Gasteiger partial charge in [-0.2, -0.15) is 0 Å². The van der Waals surface area contributed by atoms with E-state index in [1.54, 1.807) is 6.92 Å². The molecule has 18 nitrogen and oxygen atoms in total. The number of aryl methyl sites for hydroxylation is 2. The molecular weight excluding hydrogens is 688 g/mol. The number of nitrogens with zero attached hydrogens (tertiary/aromatic N) is 8. The molecule has 5 heterocycles. The highest BCUT2D eigenvalue weighted by atomic mass is 16.6. The second-order valence-corrected chi connectivity index (χ2v) is 12.6. The molecule has 0 bridgehead atoms. The summed E-state index contributed by atoms with van der Waals surface area (Å²) in [5.41, 5.74) is 0.569. The molecule has 6 aromatic rings. The quantitative estimate of drug-likeness (QED) is 0.191. The Morgan fingerprint density at radius 1 is 0.811 bits per heavy atom. The molecule has 0 radical (unpaired) electrons. The zero-order chi connectivity index (χ0) is 38.3. The Bertz CT molecular complexity index is 2670. The first kappa shape index (κ1) is 36.3. The van der Waals surface area contributed by atoms with Crippen molar-refractivity contribution >= 4 is 45.3 Å². The third kappa shape index (κ3) is 6.36. The number of methoxy groups -OCH3 is 1. The number of aromatic nitrogens is 9. The van der Waals surface area contributed by atoms with Gasteiger partial charge in [-0.25, -0.2) is 39.1 Å². The highest BCUT2D eigenvalue weighted by Crippen LogP contribution is 2.34. The average Bonchev–Trinajstić information content (AvgIpc) is 3.53. The fourth-order valence-corrected chi connectivity index (χ4v) is 6.49. The van der Waals surface area contributed by atoms with Gasteiger partial charge < -0.3 is 19.8 Å². The monoisotopic (exact) mass is 726 g/mol. The van der Waals surface area contributed by atoms with Gasteiger partial charge >= 0.3 is 23.4 Å². The molecule has 0 fully saturated rings. The van der Waals surface area contributed by atoms with E-state index in [4.69, 9.17) is 9.47 Å². The minimum Gasteiger partial charge on any atom is -0.454 e. The van der Waals surface area contributed by atoms with Crippen LogP contribution in [0.25, 0.3) is 33.2 Å². The van der Waals surface area contributed by atoms with Gasteiger partial charge in [0.25, 0.3) is 11.1 Å². The summed E-state index contributed by atoms with van der Waals surface area (Å²) >= 11 is 0. The smallest absolute Gasteiger partial charge is 0.407 e. The first-order valence-electron chi connectivity index (χ1n) is 16.8. The summed E-state index contributed by atoms with van der Waals surface area (Å²) in [6, 6.07) is 6.19. The molecule has 6 rings (SSSR count). The summed E-state index contributed by atoms with van der Waals surface area (Å²) in [4.78, 5) is 98.9. The molecule has 2 unspecified atom stereocenters. The van der Waals surface area contributed by atoms with Gasteiger partial charge in [-0.3, -0.25) is 27.9 Å². The van der Waals surface area contributed by atoms with Gasteiger partial charge in [-0.15, -0.1) is 0 Å². The molecular formula is C35H38N10O8. The molecule has 3 atom stereocenters. The second-order valence-electron chi connectivity index (χ2n) is 12.6. The van der Waals surface area contributed by atoms with Crippen LogP contribution in [-0.2, 0) is 48.9 Å². The van der Waals surface area contributed by atoms with Crippen LogP contribution in [0.15, 0.2) is 55.8 Å². The van der Waals surface area contributed by atoms with E-state index in [-0.39, 0.29) is 40.9 Å². The van der Waals surface area contributed by atoms with Crippen molar-refractivity contribution in [3.8, 4) is 0 Å². The number of rotatable bonds is 10. The Morgan fingerprint density at radius 3 is 1.94 bits per heavy atom. The summed E-state index contributed by atoms with van der Waals surface area (Å²) < 4.78 is 15.2. The lowest BCUT2D eigenvalue weighted by Gasteiger charge is -2.23. The van der Waals surface area contributed by atoms with Crippen molar-refractivity contribution in [3.63, 3.8) is 0 Å². The van der Waals surface area contributed by atoms with Crippen LogP contribution in [0, 0.1) is 0 Å². The first-order chi connectivity index (χ1) is 25.3. The third-order valence-corrected chi connectivity index (χ3v) is 9.43.